The first-order valence-corrected chi connectivity index (χ1v) is 2.25. The first-order chi connectivity index (χ1) is 3.81. The van der Waals surface area contributed by atoms with Crippen molar-refractivity contribution in [1.29, 1.82) is 0 Å². The molecule has 0 unspecified atom stereocenters. The number of alkyl halides is 1. The van der Waals surface area contributed by atoms with Crippen molar-refractivity contribution in [3.05, 3.63) is 12.2 Å². The van der Waals surface area contributed by atoms with E-state index in [1.807, 2.05) is 0 Å². The van der Waals surface area contributed by atoms with Gasteiger partial charge < -0.3 is 5.32 Å². The van der Waals surface area contributed by atoms with E-state index in [4.69, 9.17) is 0 Å². The molecular formula is C5H8FNO. The highest BCUT2D eigenvalue weighted by atomic mass is 19.1. The smallest absolute Gasteiger partial charge is 0.243 e. The lowest BCUT2D eigenvalue weighted by molar-refractivity contribution is -0.116. The monoisotopic (exact) mass is 117 g/mol. The molecule has 0 spiro atoms. The minimum absolute atomic E-state index is 0.275. The van der Waals surface area contributed by atoms with Crippen LogP contribution in [0.1, 0.15) is 0 Å². The number of hydrogen-bond acceptors (Lipinski definition) is 1. The molecule has 0 bridgehead atoms. The van der Waals surface area contributed by atoms with Gasteiger partial charge in [-0.05, 0) is 6.08 Å². The number of likely N-dealkylation sites (N-methyl/N-ethyl adjacent to an activating group) is 1. The Morgan fingerprint density at radius 2 is 2.50 bits per heavy atom. The number of carbonyl (C=O) groups is 1. The van der Waals surface area contributed by atoms with Gasteiger partial charge in [-0.3, -0.25) is 4.79 Å². The maximum atomic E-state index is 11.2. The minimum atomic E-state index is -0.590. The fourth-order valence-corrected chi connectivity index (χ4v) is 0.235. The molecule has 0 heterocycles. The minimum Gasteiger partial charge on any atom is -0.356 e. The zero-order valence-electron chi connectivity index (χ0n) is 4.65. The molecule has 3 heteroatoms. The Morgan fingerprint density at radius 3 is 2.88 bits per heavy atom. The van der Waals surface area contributed by atoms with Gasteiger partial charge in [0.15, 0.2) is 0 Å². The third-order valence-electron chi connectivity index (χ3n) is 0.605. The average molecular weight is 117 g/mol. The van der Waals surface area contributed by atoms with Crippen molar-refractivity contribution in [3.8, 4) is 0 Å². The van der Waals surface area contributed by atoms with Gasteiger partial charge in [-0.2, -0.15) is 0 Å². The second-order valence-electron chi connectivity index (χ2n) is 1.17. The van der Waals surface area contributed by atoms with Gasteiger partial charge in [0.2, 0.25) is 5.91 Å². The van der Waals surface area contributed by atoms with Crippen LogP contribution in [0.2, 0.25) is 0 Å². The summed E-state index contributed by atoms with van der Waals surface area (Å²) in [5.74, 6) is -0.275. The fraction of sp³-hybridized carbons (Fsp3) is 0.400. The molecule has 0 aliphatic rings. The topological polar surface area (TPSA) is 29.1 Å². The third-order valence-corrected chi connectivity index (χ3v) is 0.605. The van der Waals surface area contributed by atoms with Crippen molar-refractivity contribution < 1.29 is 9.18 Å². The summed E-state index contributed by atoms with van der Waals surface area (Å²) < 4.78 is 11.2. The lowest BCUT2D eigenvalue weighted by Gasteiger charge is -1.85. The molecule has 0 aromatic heterocycles. The van der Waals surface area contributed by atoms with Gasteiger partial charge in [0.25, 0.3) is 0 Å². The zero-order valence-corrected chi connectivity index (χ0v) is 4.65. The summed E-state index contributed by atoms with van der Waals surface area (Å²) in [7, 11) is 1.49. The third kappa shape index (κ3) is 3.33. The Kier molecular flexibility index (Phi) is 3.84. The van der Waals surface area contributed by atoms with E-state index in [1.165, 1.54) is 7.05 Å². The largest absolute Gasteiger partial charge is 0.356 e. The molecule has 1 N–H and O–H groups in total. The van der Waals surface area contributed by atoms with E-state index in [0.717, 1.165) is 12.2 Å². The summed E-state index contributed by atoms with van der Waals surface area (Å²) in [5, 5.41) is 2.31. The van der Waals surface area contributed by atoms with Crippen LogP contribution in [0.4, 0.5) is 4.39 Å². The summed E-state index contributed by atoms with van der Waals surface area (Å²) in [6.07, 6.45) is 2.30. The van der Waals surface area contributed by atoms with Gasteiger partial charge in [0.05, 0.1) is 0 Å². The van der Waals surface area contributed by atoms with Gasteiger partial charge in [0, 0.05) is 13.1 Å². The molecule has 46 valence electrons. The average Bonchev–Trinajstić information content (AvgIpc) is 1.83. The maximum absolute atomic E-state index is 11.2. The molecule has 0 saturated carbocycles. The van der Waals surface area contributed by atoms with E-state index in [-0.39, 0.29) is 5.91 Å². The molecule has 0 radical (unpaired) electrons. The Bertz CT molecular complexity index is 101. The predicted molar refractivity (Wildman–Crippen MR) is 29.2 cm³/mol. The van der Waals surface area contributed by atoms with Gasteiger partial charge in [-0.25, -0.2) is 4.39 Å². The Balaban J connectivity index is 3.37. The Labute approximate surface area is 47.4 Å². The lowest BCUT2D eigenvalue weighted by Crippen LogP contribution is -2.13. The molecule has 0 saturated heterocycles. The number of nitrogens with one attached hydrogen (secondary N) is 1. The first-order valence-electron chi connectivity index (χ1n) is 2.25. The number of halogens is 1. The number of carbonyl (C=O) groups excluding carboxylic acids is 1. The van der Waals surface area contributed by atoms with Crippen LogP contribution in [0.3, 0.4) is 0 Å². The standard InChI is InChI=1S/C5H8FNO/c1-7-5(8)3-2-4-6/h2-3H,4H2,1H3,(H,7,8)/b3-2+. The summed E-state index contributed by atoms with van der Waals surface area (Å²) in [5.41, 5.74) is 0. The summed E-state index contributed by atoms with van der Waals surface area (Å²) >= 11 is 0. The van der Waals surface area contributed by atoms with Crippen molar-refractivity contribution >= 4 is 5.91 Å². The highest BCUT2D eigenvalue weighted by molar-refractivity contribution is 5.87. The maximum Gasteiger partial charge on any atom is 0.243 e. The summed E-state index contributed by atoms with van der Waals surface area (Å²) in [6, 6.07) is 0. The zero-order chi connectivity index (χ0) is 6.41. The SMILES string of the molecule is CNC(=O)/C=C/CF. The van der Waals surface area contributed by atoms with Crippen molar-refractivity contribution in [3.63, 3.8) is 0 Å². The van der Waals surface area contributed by atoms with E-state index >= 15 is 0 Å². The molecule has 0 aliphatic carbocycles. The second-order valence-corrected chi connectivity index (χ2v) is 1.17. The molecule has 0 aromatic carbocycles. The number of amides is 1. The quantitative estimate of drug-likeness (QED) is 0.516. The van der Waals surface area contributed by atoms with Gasteiger partial charge in [-0.1, -0.05) is 0 Å². The molecular weight excluding hydrogens is 109 g/mol. The van der Waals surface area contributed by atoms with Crippen LogP contribution in [-0.2, 0) is 4.79 Å². The molecule has 0 atom stereocenters. The van der Waals surface area contributed by atoms with Crippen molar-refractivity contribution in [2.75, 3.05) is 13.7 Å². The number of allylic oxidation sites excluding steroid dienone is 1. The van der Waals surface area contributed by atoms with Crippen LogP contribution in [0.5, 0.6) is 0 Å². The fourth-order valence-electron chi connectivity index (χ4n) is 0.235. The molecule has 0 fully saturated rings. The van der Waals surface area contributed by atoms with Crippen molar-refractivity contribution in [2.45, 2.75) is 0 Å². The van der Waals surface area contributed by atoms with Crippen LogP contribution in [0.25, 0.3) is 0 Å². The molecule has 2 nitrogen and oxygen atoms in total. The summed E-state index contributed by atoms with van der Waals surface area (Å²) in [6.45, 7) is -0.590. The molecule has 0 aromatic rings. The van der Waals surface area contributed by atoms with Crippen LogP contribution in [0.15, 0.2) is 12.2 Å². The highest BCUT2D eigenvalue weighted by Crippen LogP contribution is 1.72. The second kappa shape index (κ2) is 4.30. The first kappa shape index (κ1) is 7.14. The van der Waals surface area contributed by atoms with Crippen LogP contribution in [0, 0.1) is 0 Å². The number of rotatable bonds is 2. The molecule has 0 rings (SSSR count). The van der Waals surface area contributed by atoms with E-state index in [2.05, 4.69) is 5.32 Å². The van der Waals surface area contributed by atoms with E-state index in [0.29, 0.717) is 0 Å². The Morgan fingerprint density at radius 1 is 1.88 bits per heavy atom. The van der Waals surface area contributed by atoms with Gasteiger partial charge in [0.1, 0.15) is 6.67 Å². The van der Waals surface area contributed by atoms with E-state index in [9.17, 15) is 9.18 Å². The Hall–Kier alpha value is -0.860. The van der Waals surface area contributed by atoms with Crippen molar-refractivity contribution in [1.82, 2.24) is 5.32 Å². The molecule has 1 amide bonds. The molecule has 0 aliphatic heterocycles. The van der Waals surface area contributed by atoms with E-state index in [1.54, 1.807) is 0 Å². The van der Waals surface area contributed by atoms with Gasteiger partial charge >= 0.3 is 0 Å². The highest BCUT2D eigenvalue weighted by Gasteiger charge is 1.83. The lowest BCUT2D eigenvalue weighted by atomic mass is 10.5. The normalized spacial score (nSPS) is 9.75. The van der Waals surface area contributed by atoms with Crippen LogP contribution < -0.4 is 5.32 Å². The summed E-state index contributed by atoms with van der Waals surface area (Å²) in [4.78, 5) is 10.2. The van der Waals surface area contributed by atoms with Crippen LogP contribution in [-0.4, -0.2) is 19.6 Å². The molecule has 8 heavy (non-hydrogen) atoms. The number of hydrogen-bond donors (Lipinski definition) is 1. The van der Waals surface area contributed by atoms with E-state index < -0.39 is 6.67 Å². The van der Waals surface area contributed by atoms with Crippen molar-refractivity contribution in [2.24, 2.45) is 0 Å². The predicted octanol–water partition coefficient (Wildman–Crippen LogP) is 0.258. The van der Waals surface area contributed by atoms with Gasteiger partial charge in [-0.15, -0.1) is 0 Å². The van der Waals surface area contributed by atoms with Crippen LogP contribution >= 0.6 is 0 Å².